The number of anilines is 3. The van der Waals surface area contributed by atoms with Crippen LogP contribution in [0.25, 0.3) is 5.65 Å². The minimum atomic E-state index is -0.231. The van der Waals surface area contributed by atoms with Gasteiger partial charge in [-0.05, 0) is 31.4 Å². The van der Waals surface area contributed by atoms with Crippen LogP contribution in [0.5, 0.6) is 0 Å². The van der Waals surface area contributed by atoms with Gasteiger partial charge in [-0.2, -0.15) is 9.61 Å². The zero-order valence-electron chi connectivity index (χ0n) is 18.6. The summed E-state index contributed by atoms with van der Waals surface area (Å²) in [7, 11) is 3.45. The van der Waals surface area contributed by atoms with E-state index in [1.165, 1.54) is 6.20 Å². The number of ether oxygens (including phenoxy) is 2. The van der Waals surface area contributed by atoms with Gasteiger partial charge in [0.05, 0.1) is 31.6 Å². The van der Waals surface area contributed by atoms with Gasteiger partial charge in [-0.25, -0.2) is 4.98 Å². The summed E-state index contributed by atoms with van der Waals surface area (Å²) in [6.07, 6.45) is 6.02. The monoisotopic (exact) mass is 453 g/mol. The normalized spacial score (nSPS) is 20.5. The molecular weight excluding hydrogens is 426 g/mol. The van der Waals surface area contributed by atoms with Crippen molar-refractivity contribution in [2.75, 3.05) is 38.0 Å². The van der Waals surface area contributed by atoms with Crippen LogP contribution in [0.2, 0.25) is 0 Å². The highest BCUT2D eigenvalue weighted by molar-refractivity contribution is 6.00. The van der Waals surface area contributed by atoms with Gasteiger partial charge < -0.3 is 30.0 Å². The maximum absolute atomic E-state index is 13.0. The second-order valence-electron chi connectivity index (χ2n) is 8.36. The van der Waals surface area contributed by atoms with Gasteiger partial charge in [0.2, 0.25) is 0 Å². The molecule has 0 aromatic carbocycles. The summed E-state index contributed by atoms with van der Waals surface area (Å²) in [4.78, 5) is 30.5. The van der Waals surface area contributed by atoms with Crippen molar-refractivity contribution in [2.45, 2.75) is 37.5 Å². The lowest BCUT2D eigenvalue weighted by atomic mass is 10.2. The minimum absolute atomic E-state index is 0.0426. The number of carbonyl (C=O) groups is 1. The highest BCUT2D eigenvalue weighted by Gasteiger charge is 2.27. The average molecular weight is 454 g/mol. The Kier molecular flexibility index (Phi) is 5.73. The van der Waals surface area contributed by atoms with Crippen LogP contribution in [0.15, 0.2) is 35.4 Å². The molecule has 1 aliphatic heterocycles. The molecule has 174 valence electrons. The van der Waals surface area contributed by atoms with Crippen LogP contribution < -0.4 is 21.5 Å². The number of rotatable bonds is 7. The van der Waals surface area contributed by atoms with Crippen LogP contribution >= 0.6 is 0 Å². The third kappa shape index (κ3) is 4.05. The topological polar surface area (TPSA) is 124 Å². The highest BCUT2D eigenvalue weighted by Crippen LogP contribution is 2.24. The number of pyridine rings is 1. The van der Waals surface area contributed by atoms with Crippen LogP contribution in [-0.4, -0.2) is 64.6 Å². The first kappa shape index (κ1) is 21.4. The van der Waals surface area contributed by atoms with Crippen molar-refractivity contribution in [3.63, 3.8) is 0 Å². The fourth-order valence-electron chi connectivity index (χ4n) is 4.33. The molecule has 33 heavy (non-hydrogen) atoms. The molecule has 5 rings (SSSR count). The van der Waals surface area contributed by atoms with E-state index in [1.54, 1.807) is 41.6 Å². The zero-order chi connectivity index (χ0) is 22.9. The molecule has 11 nitrogen and oxygen atoms in total. The molecule has 1 amide bonds. The van der Waals surface area contributed by atoms with Crippen LogP contribution in [0.4, 0.5) is 17.3 Å². The number of amides is 1. The Bertz CT molecular complexity index is 1230. The molecule has 1 saturated heterocycles. The number of aromatic nitrogens is 4. The Hall–Kier alpha value is -3.44. The summed E-state index contributed by atoms with van der Waals surface area (Å²) in [5, 5.41) is 13.6. The second kappa shape index (κ2) is 8.83. The standard InChI is InChI=1S/C22H27N7O4/c1-23-19-9-18(26-17-4-3-7-28(22(17)31)14-11-33-12-14)27-20-16(10-24-29(19)20)21(30)25-13-5-6-15(8-13)32-2/h3-4,7,9-10,13-15,23H,5-6,8,11-12H2,1-2H3,(H,25,30)(H,26,27)/t13?,15-/m0/s1. The molecule has 0 spiro atoms. The first-order valence-electron chi connectivity index (χ1n) is 11.0. The smallest absolute Gasteiger partial charge is 0.274 e. The van der Waals surface area contributed by atoms with Gasteiger partial charge in [0.25, 0.3) is 11.5 Å². The molecular formula is C22H27N7O4. The van der Waals surface area contributed by atoms with Crippen molar-refractivity contribution < 1.29 is 14.3 Å². The molecule has 2 aliphatic rings. The molecule has 3 aromatic heterocycles. The van der Waals surface area contributed by atoms with Crippen molar-refractivity contribution in [3.8, 4) is 0 Å². The molecule has 0 bridgehead atoms. The lowest BCUT2D eigenvalue weighted by Gasteiger charge is -2.28. The molecule has 1 unspecified atom stereocenters. The van der Waals surface area contributed by atoms with E-state index in [1.807, 2.05) is 6.07 Å². The maximum atomic E-state index is 13.0. The number of hydrogen-bond donors (Lipinski definition) is 3. The summed E-state index contributed by atoms with van der Waals surface area (Å²) in [6, 6.07) is 5.36. The zero-order valence-corrected chi connectivity index (χ0v) is 18.6. The molecule has 11 heteroatoms. The van der Waals surface area contributed by atoms with E-state index in [4.69, 9.17) is 9.47 Å². The third-order valence-corrected chi connectivity index (χ3v) is 6.28. The molecule has 3 N–H and O–H groups in total. The van der Waals surface area contributed by atoms with Gasteiger partial charge in [0.1, 0.15) is 22.9 Å². The van der Waals surface area contributed by atoms with E-state index in [0.29, 0.717) is 41.7 Å². The Morgan fingerprint density at radius 1 is 1.30 bits per heavy atom. The summed E-state index contributed by atoms with van der Waals surface area (Å²) in [5.74, 6) is 0.831. The largest absolute Gasteiger partial charge is 0.381 e. The fourth-order valence-corrected chi connectivity index (χ4v) is 4.33. The number of nitrogens with zero attached hydrogens (tertiary/aromatic N) is 4. The van der Waals surface area contributed by atoms with Crippen molar-refractivity contribution in [3.05, 3.63) is 46.5 Å². The second-order valence-corrected chi connectivity index (χ2v) is 8.36. The third-order valence-electron chi connectivity index (χ3n) is 6.28. The van der Waals surface area contributed by atoms with Crippen LogP contribution in [-0.2, 0) is 9.47 Å². The van der Waals surface area contributed by atoms with Crippen molar-refractivity contribution in [2.24, 2.45) is 0 Å². The quantitative estimate of drug-likeness (QED) is 0.492. The Balaban J connectivity index is 1.44. The Labute approximate surface area is 190 Å². The Morgan fingerprint density at radius 2 is 2.15 bits per heavy atom. The number of carbonyl (C=O) groups excluding carboxylic acids is 1. The van der Waals surface area contributed by atoms with Crippen LogP contribution in [0.3, 0.4) is 0 Å². The lowest BCUT2D eigenvalue weighted by Crippen LogP contribution is -2.37. The molecule has 2 fully saturated rings. The van der Waals surface area contributed by atoms with Crippen molar-refractivity contribution >= 4 is 28.9 Å². The van der Waals surface area contributed by atoms with E-state index in [9.17, 15) is 9.59 Å². The predicted octanol–water partition coefficient (Wildman–Crippen LogP) is 1.54. The first-order chi connectivity index (χ1) is 16.1. The average Bonchev–Trinajstić information content (AvgIpc) is 3.41. The SMILES string of the molecule is CNc1cc(Nc2cccn(C3COC3)c2=O)nc2c(C(=O)NC3CC[C@H](OC)C3)cnn12. The van der Waals surface area contributed by atoms with Gasteiger partial charge in [-0.3, -0.25) is 9.59 Å². The Morgan fingerprint density at radius 3 is 2.85 bits per heavy atom. The number of hydrogen-bond acceptors (Lipinski definition) is 8. The lowest BCUT2D eigenvalue weighted by molar-refractivity contribution is -0.0247. The minimum Gasteiger partial charge on any atom is -0.381 e. The number of fused-ring (bicyclic) bond motifs is 1. The van der Waals surface area contributed by atoms with Gasteiger partial charge in [0, 0.05) is 32.5 Å². The molecule has 2 atom stereocenters. The van der Waals surface area contributed by atoms with E-state index < -0.39 is 0 Å². The number of nitrogens with one attached hydrogen (secondary N) is 3. The van der Waals surface area contributed by atoms with E-state index in [0.717, 1.165) is 19.3 Å². The summed E-state index contributed by atoms with van der Waals surface area (Å²) in [5.41, 5.74) is 1.00. The maximum Gasteiger partial charge on any atom is 0.274 e. The molecule has 0 radical (unpaired) electrons. The number of methoxy groups -OCH3 is 1. The van der Waals surface area contributed by atoms with E-state index in [-0.39, 0.29) is 29.7 Å². The van der Waals surface area contributed by atoms with E-state index in [2.05, 4.69) is 26.0 Å². The molecule has 1 saturated carbocycles. The molecule has 1 aliphatic carbocycles. The van der Waals surface area contributed by atoms with Crippen LogP contribution in [0.1, 0.15) is 35.7 Å². The van der Waals surface area contributed by atoms with Gasteiger partial charge in [-0.15, -0.1) is 0 Å². The van der Waals surface area contributed by atoms with Crippen LogP contribution in [0, 0.1) is 0 Å². The fraction of sp³-hybridized carbons (Fsp3) is 0.455. The summed E-state index contributed by atoms with van der Waals surface area (Å²) in [6.45, 7) is 1.05. The summed E-state index contributed by atoms with van der Waals surface area (Å²) < 4.78 is 13.8. The van der Waals surface area contributed by atoms with Crippen molar-refractivity contribution in [1.82, 2.24) is 24.5 Å². The predicted molar refractivity (Wildman–Crippen MR) is 122 cm³/mol. The summed E-state index contributed by atoms with van der Waals surface area (Å²) >= 11 is 0. The molecule has 3 aromatic rings. The van der Waals surface area contributed by atoms with Gasteiger partial charge >= 0.3 is 0 Å². The van der Waals surface area contributed by atoms with E-state index >= 15 is 0 Å². The van der Waals surface area contributed by atoms with Crippen molar-refractivity contribution in [1.29, 1.82) is 0 Å². The first-order valence-corrected chi connectivity index (χ1v) is 11.0. The van der Waals surface area contributed by atoms with Gasteiger partial charge in [0.15, 0.2) is 5.65 Å². The van der Waals surface area contributed by atoms with Gasteiger partial charge in [-0.1, -0.05) is 0 Å². The highest BCUT2D eigenvalue weighted by atomic mass is 16.5. The molecule has 4 heterocycles.